The number of aromatic nitrogens is 2. The number of carbonyl (C=O) groups is 2. The normalized spacial score (nSPS) is 19.8. The third-order valence-corrected chi connectivity index (χ3v) is 5.77. The van der Waals surface area contributed by atoms with Crippen LogP contribution in [0.5, 0.6) is 0 Å². The average Bonchev–Trinajstić information content (AvgIpc) is 3.42. The molecule has 6 heteroatoms. The van der Waals surface area contributed by atoms with Gasteiger partial charge in [-0.05, 0) is 30.9 Å². The van der Waals surface area contributed by atoms with Crippen molar-refractivity contribution in [3.8, 4) is 11.3 Å². The Kier molecular flexibility index (Phi) is 5.46. The van der Waals surface area contributed by atoms with E-state index in [-0.39, 0.29) is 24.2 Å². The summed E-state index contributed by atoms with van der Waals surface area (Å²) in [6.07, 6.45) is 7.10. The fraction of sp³-hybridized carbons (Fsp3) is 0.500. The van der Waals surface area contributed by atoms with Crippen LogP contribution < -0.4 is 10.6 Å². The average molecular weight is 380 g/mol. The number of hydrogen-bond donors (Lipinski definition) is 2. The van der Waals surface area contributed by atoms with Crippen molar-refractivity contribution in [2.75, 3.05) is 11.9 Å². The van der Waals surface area contributed by atoms with Gasteiger partial charge in [-0.3, -0.25) is 14.3 Å². The first kappa shape index (κ1) is 18.7. The first-order chi connectivity index (χ1) is 13.6. The zero-order valence-corrected chi connectivity index (χ0v) is 16.4. The Bertz CT molecular complexity index is 867. The maximum absolute atomic E-state index is 12.5. The van der Waals surface area contributed by atoms with Crippen LogP contribution in [0.2, 0.25) is 0 Å². The summed E-state index contributed by atoms with van der Waals surface area (Å²) in [4.78, 5) is 23.9. The zero-order valence-electron chi connectivity index (χ0n) is 16.4. The lowest BCUT2D eigenvalue weighted by Crippen LogP contribution is -2.25. The van der Waals surface area contributed by atoms with Crippen LogP contribution in [0.1, 0.15) is 57.1 Å². The summed E-state index contributed by atoms with van der Waals surface area (Å²) >= 11 is 0. The van der Waals surface area contributed by atoms with E-state index < -0.39 is 0 Å². The highest BCUT2D eigenvalue weighted by Crippen LogP contribution is 2.35. The van der Waals surface area contributed by atoms with E-state index >= 15 is 0 Å². The molecule has 148 valence electrons. The maximum Gasteiger partial charge on any atom is 0.230 e. The summed E-state index contributed by atoms with van der Waals surface area (Å²) in [6.45, 7) is 2.59. The molecule has 1 aliphatic carbocycles. The van der Waals surface area contributed by atoms with Crippen LogP contribution in [0.4, 0.5) is 5.82 Å². The van der Waals surface area contributed by atoms with E-state index in [9.17, 15) is 9.59 Å². The summed E-state index contributed by atoms with van der Waals surface area (Å²) in [5.74, 6) is 0.0541. The van der Waals surface area contributed by atoms with Crippen LogP contribution in [0.3, 0.4) is 0 Å². The second kappa shape index (κ2) is 8.17. The van der Waals surface area contributed by atoms with E-state index in [1.165, 1.54) is 18.4 Å². The van der Waals surface area contributed by atoms with Crippen molar-refractivity contribution in [1.29, 1.82) is 0 Å². The molecule has 2 aliphatic rings. The number of benzene rings is 1. The Morgan fingerprint density at radius 1 is 1.29 bits per heavy atom. The Morgan fingerprint density at radius 3 is 2.82 bits per heavy atom. The maximum atomic E-state index is 12.5. The fourth-order valence-electron chi connectivity index (χ4n) is 4.29. The summed E-state index contributed by atoms with van der Waals surface area (Å²) in [7, 11) is 0. The lowest BCUT2D eigenvalue weighted by atomic mass is 10.0. The molecule has 0 unspecified atom stereocenters. The minimum atomic E-state index is -0.319. The Labute approximate surface area is 165 Å². The quantitative estimate of drug-likeness (QED) is 0.802. The largest absolute Gasteiger partial charge is 0.355 e. The van der Waals surface area contributed by atoms with E-state index in [0.717, 1.165) is 36.9 Å². The molecule has 0 radical (unpaired) electrons. The zero-order chi connectivity index (χ0) is 19.5. The molecule has 1 saturated carbocycles. The minimum Gasteiger partial charge on any atom is -0.355 e. The number of nitrogens with one attached hydrogen (secondary N) is 2. The molecule has 2 N–H and O–H groups in total. The van der Waals surface area contributed by atoms with Crippen LogP contribution in [-0.4, -0.2) is 28.1 Å². The van der Waals surface area contributed by atoms with Gasteiger partial charge in [0, 0.05) is 24.6 Å². The molecule has 1 saturated heterocycles. The molecule has 4 rings (SSSR count). The number of nitrogens with zero attached hydrogens (tertiary/aromatic N) is 2. The highest BCUT2D eigenvalue weighted by Gasteiger charge is 2.29. The van der Waals surface area contributed by atoms with Gasteiger partial charge in [-0.2, -0.15) is 5.10 Å². The Hall–Kier alpha value is -2.63. The van der Waals surface area contributed by atoms with Crippen molar-refractivity contribution in [2.24, 2.45) is 5.92 Å². The lowest BCUT2D eigenvalue weighted by Gasteiger charge is -2.14. The molecule has 1 aromatic carbocycles. The number of aryl methyl sites for hydroxylation is 1. The molecule has 0 spiro atoms. The van der Waals surface area contributed by atoms with Crippen molar-refractivity contribution < 1.29 is 9.59 Å². The number of anilines is 1. The Balaban J connectivity index is 1.62. The standard InChI is InChI=1S/C22H28N4O2/c1-2-6-15-7-5-8-16(11-15)19-13-20(25-26(19)18-9-3-4-10-18)24-22(28)17-12-21(27)23-14-17/h5,7-8,11,13,17-18H,2-4,6,9-10,12,14H2,1H3,(H,23,27)(H,24,25,28)/t17-/m1/s1. The molecule has 0 bridgehead atoms. The van der Waals surface area contributed by atoms with Crippen molar-refractivity contribution in [1.82, 2.24) is 15.1 Å². The van der Waals surface area contributed by atoms with Crippen molar-refractivity contribution >= 4 is 17.6 Å². The molecular formula is C22H28N4O2. The van der Waals surface area contributed by atoms with Crippen LogP contribution in [-0.2, 0) is 16.0 Å². The second-order valence-electron chi connectivity index (χ2n) is 7.94. The summed E-state index contributed by atoms with van der Waals surface area (Å²) in [5, 5.41) is 10.4. The molecule has 28 heavy (non-hydrogen) atoms. The number of rotatable bonds is 6. The van der Waals surface area contributed by atoms with Gasteiger partial charge in [0.15, 0.2) is 5.82 Å². The van der Waals surface area contributed by atoms with Gasteiger partial charge < -0.3 is 10.6 Å². The Morgan fingerprint density at radius 2 is 2.11 bits per heavy atom. The van der Waals surface area contributed by atoms with Crippen molar-refractivity contribution in [3.63, 3.8) is 0 Å². The topological polar surface area (TPSA) is 76.0 Å². The molecule has 1 aliphatic heterocycles. The van der Waals surface area contributed by atoms with E-state index in [0.29, 0.717) is 18.4 Å². The lowest BCUT2D eigenvalue weighted by molar-refractivity contribution is -0.123. The predicted molar refractivity (Wildman–Crippen MR) is 109 cm³/mol. The van der Waals surface area contributed by atoms with Gasteiger partial charge in [-0.25, -0.2) is 0 Å². The smallest absolute Gasteiger partial charge is 0.230 e. The third-order valence-electron chi connectivity index (χ3n) is 5.77. The van der Waals surface area contributed by atoms with Gasteiger partial charge in [-0.1, -0.05) is 44.4 Å². The minimum absolute atomic E-state index is 0.0648. The van der Waals surface area contributed by atoms with Gasteiger partial charge in [-0.15, -0.1) is 0 Å². The molecule has 2 aromatic rings. The highest BCUT2D eigenvalue weighted by molar-refractivity contribution is 5.96. The van der Waals surface area contributed by atoms with E-state index in [1.807, 2.05) is 6.07 Å². The fourth-order valence-corrected chi connectivity index (χ4v) is 4.29. The molecule has 2 amide bonds. The van der Waals surface area contributed by atoms with Gasteiger partial charge in [0.05, 0.1) is 17.7 Å². The van der Waals surface area contributed by atoms with Crippen LogP contribution in [0.25, 0.3) is 11.3 Å². The van der Waals surface area contributed by atoms with Gasteiger partial charge in [0.2, 0.25) is 11.8 Å². The number of hydrogen-bond acceptors (Lipinski definition) is 3. The van der Waals surface area contributed by atoms with E-state index in [2.05, 4.69) is 46.5 Å². The molecule has 1 atom stereocenters. The van der Waals surface area contributed by atoms with Gasteiger partial charge >= 0.3 is 0 Å². The van der Waals surface area contributed by atoms with E-state index in [4.69, 9.17) is 5.10 Å². The summed E-state index contributed by atoms with van der Waals surface area (Å²) in [5.41, 5.74) is 3.52. The van der Waals surface area contributed by atoms with Crippen LogP contribution in [0, 0.1) is 5.92 Å². The van der Waals surface area contributed by atoms with E-state index in [1.54, 1.807) is 0 Å². The molecule has 2 heterocycles. The predicted octanol–water partition coefficient (Wildman–Crippen LogP) is 3.69. The number of carbonyl (C=O) groups excluding carboxylic acids is 2. The monoisotopic (exact) mass is 380 g/mol. The van der Waals surface area contributed by atoms with Gasteiger partial charge in [0.25, 0.3) is 0 Å². The SMILES string of the molecule is CCCc1cccc(-c2cc(NC(=O)[C@H]3CNC(=O)C3)nn2C2CCCC2)c1. The first-order valence-corrected chi connectivity index (χ1v) is 10.4. The molecule has 1 aromatic heterocycles. The van der Waals surface area contributed by atoms with Crippen molar-refractivity contribution in [2.45, 2.75) is 57.9 Å². The second-order valence-corrected chi connectivity index (χ2v) is 7.94. The van der Waals surface area contributed by atoms with Gasteiger partial charge in [0.1, 0.15) is 0 Å². The highest BCUT2D eigenvalue weighted by atomic mass is 16.2. The first-order valence-electron chi connectivity index (χ1n) is 10.4. The molecule has 6 nitrogen and oxygen atoms in total. The third kappa shape index (κ3) is 3.96. The summed E-state index contributed by atoms with van der Waals surface area (Å²) < 4.78 is 2.10. The molecule has 2 fully saturated rings. The summed E-state index contributed by atoms with van der Waals surface area (Å²) in [6, 6.07) is 11.0. The number of amides is 2. The van der Waals surface area contributed by atoms with Crippen molar-refractivity contribution in [3.05, 3.63) is 35.9 Å². The van der Waals surface area contributed by atoms with Crippen LogP contribution in [0.15, 0.2) is 30.3 Å². The molecular weight excluding hydrogens is 352 g/mol. The van der Waals surface area contributed by atoms with Crippen LogP contribution >= 0.6 is 0 Å².